The number of ether oxygens (including phenoxy) is 1. The molecule has 1 heterocycles. The zero-order valence-electron chi connectivity index (χ0n) is 14.5. The van der Waals surface area contributed by atoms with Crippen LogP contribution in [0.15, 0.2) is 24.3 Å². The number of nitrogens with zero attached hydrogens (tertiary/aromatic N) is 1. The van der Waals surface area contributed by atoms with Crippen molar-refractivity contribution in [3.05, 3.63) is 29.8 Å². The van der Waals surface area contributed by atoms with Gasteiger partial charge in [-0.05, 0) is 51.0 Å². The van der Waals surface area contributed by atoms with E-state index in [1.54, 1.807) is 38.1 Å². The van der Waals surface area contributed by atoms with E-state index in [0.29, 0.717) is 37.2 Å². The third-order valence-electron chi connectivity index (χ3n) is 4.18. The first kappa shape index (κ1) is 19.4. The van der Waals surface area contributed by atoms with Crippen LogP contribution in [0.5, 0.6) is 0 Å². The van der Waals surface area contributed by atoms with Crippen molar-refractivity contribution in [3.8, 4) is 0 Å². The molecule has 1 saturated heterocycles. The van der Waals surface area contributed by atoms with Crippen molar-refractivity contribution in [2.75, 3.05) is 30.8 Å². The second-order valence-corrected chi connectivity index (χ2v) is 8.14. The fourth-order valence-corrected chi connectivity index (χ4v) is 3.92. The molecule has 1 aromatic rings. The van der Waals surface area contributed by atoms with Gasteiger partial charge in [-0.15, -0.1) is 0 Å². The summed E-state index contributed by atoms with van der Waals surface area (Å²) < 4.78 is 30.3. The van der Waals surface area contributed by atoms with Crippen molar-refractivity contribution in [1.29, 1.82) is 0 Å². The minimum atomic E-state index is -3.28. The molecule has 1 aliphatic heterocycles. The summed E-state index contributed by atoms with van der Waals surface area (Å²) in [7, 11) is -3.28. The van der Waals surface area contributed by atoms with Crippen molar-refractivity contribution in [2.45, 2.75) is 26.7 Å². The van der Waals surface area contributed by atoms with Crippen LogP contribution in [0.1, 0.15) is 37.0 Å². The number of benzene rings is 1. The van der Waals surface area contributed by atoms with Gasteiger partial charge in [0.25, 0.3) is 0 Å². The lowest BCUT2D eigenvalue weighted by atomic mass is 9.98. The van der Waals surface area contributed by atoms with Gasteiger partial charge in [-0.2, -0.15) is 0 Å². The quantitative estimate of drug-likeness (QED) is 0.774. The van der Waals surface area contributed by atoms with Gasteiger partial charge in [0, 0.05) is 18.8 Å². The van der Waals surface area contributed by atoms with Gasteiger partial charge in [-0.25, -0.2) is 17.5 Å². The summed E-state index contributed by atoms with van der Waals surface area (Å²) in [6, 6.07) is 6.44. The van der Waals surface area contributed by atoms with E-state index in [1.807, 2.05) is 0 Å². The van der Waals surface area contributed by atoms with E-state index >= 15 is 0 Å². The van der Waals surface area contributed by atoms with Crippen LogP contribution in [0.2, 0.25) is 0 Å². The van der Waals surface area contributed by atoms with Gasteiger partial charge in [0.15, 0.2) is 0 Å². The maximum absolute atomic E-state index is 12.4. The summed E-state index contributed by atoms with van der Waals surface area (Å²) in [6.07, 6.45) is 1.32. The number of nitrogens with one attached hydrogen (secondary N) is 1. The Kier molecular flexibility index (Phi) is 6.55. The fourth-order valence-electron chi connectivity index (χ4n) is 2.74. The molecule has 0 aliphatic carbocycles. The SMILES string of the molecule is CCOC(=O)c1ccc(NC(=O)[C@H]2CCCN(S(=O)(=O)CC)C2)cc1. The van der Waals surface area contributed by atoms with E-state index < -0.39 is 16.0 Å². The molecule has 0 aromatic heterocycles. The number of piperidine rings is 1. The number of hydrogen-bond donors (Lipinski definition) is 1. The zero-order valence-corrected chi connectivity index (χ0v) is 15.3. The van der Waals surface area contributed by atoms with Crippen LogP contribution in [0.4, 0.5) is 5.69 Å². The van der Waals surface area contributed by atoms with Crippen molar-refractivity contribution >= 4 is 27.6 Å². The summed E-state index contributed by atoms with van der Waals surface area (Å²) in [5, 5.41) is 2.79. The Labute approximate surface area is 148 Å². The standard InChI is InChI=1S/C17H24N2O5S/c1-3-24-17(21)13-7-9-15(10-8-13)18-16(20)14-6-5-11-19(12-14)25(22,23)4-2/h7-10,14H,3-6,11-12H2,1-2H3,(H,18,20)/t14-/m0/s1. The van der Waals surface area contributed by atoms with E-state index in [4.69, 9.17) is 4.74 Å². The third-order valence-corrected chi connectivity index (χ3v) is 6.02. The maximum Gasteiger partial charge on any atom is 0.338 e. The molecule has 8 heteroatoms. The predicted octanol–water partition coefficient (Wildman–Crippen LogP) is 1.86. The van der Waals surface area contributed by atoms with Gasteiger partial charge in [-0.3, -0.25) is 4.79 Å². The second-order valence-electron chi connectivity index (χ2n) is 5.88. The topological polar surface area (TPSA) is 92.8 Å². The lowest BCUT2D eigenvalue weighted by Crippen LogP contribution is -2.44. The van der Waals surface area contributed by atoms with Gasteiger partial charge in [-0.1, -0.05) is 0 Å². The molecule has 7 nitrogen and oxygen atoms in total. The summed E-state index contributed by atoms with van der Waals surface area (Å²) in [5.74, 6) is -0.954. The molecule has 0 bridgehead atoms. The first-order valence-electron chi connectivity index (χ1n) is 8.43. The Morgan fingerprint density at radius 2 is 1.92 bits per heavy atom. The van der Waals surface area contributed by atoms with Crippen LogP contribution < -0.4 is 5.32 Å². The number of rotatable bonds is 6. The minimum Gasteiger partial charge on any atom is -0.462 e. The number of carbonyl (C=O) groups excluding carboxylic acids is 2. The van der Waals surface area contributed by atoms with Crippen LogP contribution >= 0.6 is 0 Å². The molecule has 1 fully saturated rings. The molecule has 0 saturated carbocycles. The largest absolute Gasteiger partial charge is 0.462 e. The summed E-state index contributed by atoms with van der Waals surface area (Å²) in [5.41, 5.74) is 0.978. The van der Waals surface area contributed by atoms with Gasteiger partial charge in [0.2, 0.25) is 15.9 Å². The highest BCUT2D eigenvalue weighted by atomic mass is 32.2. The molecule has 1 N–H and O–H groups in total. The highest BCUT2D eigenvalue weighted by molar-refractivity contribution is 7.89. The lowest BCUT2D eigenvalue weighted by Gasteiger charge is -2.30. The van der Waals surface area contributed by atoms with Gasteiger partial charge < -0.3 is 10.1 Å². The average Bonchev–Trinajstić information content (AvgIpc) is 2.62. The lowest BCUT2D eigenvalue weighted by molar-refractivity contribution is -0.120. The van der Waals surface area contributed by atoms with Gasteiger partial charge in [0.05, 0.1) is 23.8 Å². The normalized spacial score (nSPS) is 18.6. The minimum absolute atomic E-state index is 0.0384. The first-order valence-corrected chi connectivity index (χ1v) is 10.0. The predicted molar refractivity (Wildman–Crippen MR) is 94.8 cm³/mol. The van der Waals surface area contributed by atoms with E-state index in [2.05, 4.69) is 5.32 Å². The average molecular weight is 368 g/mol. The molecule has 0 spiro atoms. The fraction of sp³-hybridized carbons (Fsp3) is 0.529. The van der Waals surface area contributed by atoms with Crippen LogP contribution in [0.25, 0.3) is 0 Å². The molecule has 1 amide bonds. The van der Waals surface area contributed by atoms with E-state index in [0.717, 1.165) is 0 Å². The number of sulfonamides is 1. The van der Waals surface area contributed by atoms with E-state index in [1.165, 1.54) is 4.31 Å². The molecule has 1 aliphatic rings. The molecule has 25 heavy (non-hydrogen) atoms. The van der Waals surface area contributed by atoms with Crippen LogP contribution in [-0.2, 0) is 19.6 Å². The number of anilines is 1. The van der Waals surface area contributed by atoms with Crippen LogP contribution in [0.3, 0.4) is 0 Å². The Bertz CT molecular complexity index is 715. The number of hydrogen-bond acceptors (Lipinski definition) is 5. The van der Waals surface area contributed by atoms with E-state index in [9.17, 15) is 18.0 Å². The molecule has 1 atom stereocenters. The monoisotopic (exact) mass is 368 g/mol. The molecular formula is C17H24N2O5S. The van der Waals surface area contributed by atoms with Crippen molar-refractivity contribution in [3.63, 3.8) is 0 Å². The molecule has 2 rings (SSSR count). The zero-order chi connectivity index (χ0) is 18.4. The van der Waals surface area contributed by atoms with E-state index in [-0.39, 0.29) is 24.1 Å². The molecular weight excluding hydrogens is 344 g/mol. The Morgan fingerprint density at radius 3 is 2.52 bits per heavy atom. The Hall–Kier alpha value is -1.93. The summed E-state index contributed by atoms with van der Waals surface area (Å²) >= 11 is 0. The van der Waals surface area contributed by atoms with Gasteiger partial charge >= 0.3 is 5.97 Å². The second kappa shape index (κ2) is 8.44. The molecule has 0 radical (unpaired) electrons. The Balaban J connectivity index is 1.98. The van der Waals surface area contributed by atoms with Crippen LogP contribution in [-0.4, -0.2) is 50.0 Å². The molecule has 138 valence electrons. The number of amides is 1. The summed E-state index contributed by atoms with van der Waals surface area (Å²) in [4.78, 5) is 24.0. The maximum atomic E-state index is 12.4. The van der Waals surface area contributed by atoms with Crippen molar-refractivity contribution in [1.82, 2.24) is 4.31 Å². The molecule has 1 aromatic carbocycles. The van der Waals surface area contributed by atoms with Crippen molar-refractivity contribution in [2.24, 2.45) is 5.92 Å². The third kappa shape index (κ3) is 5.02. The number of esters is 1. The molecule has 0 unspecified atom stereocenters. The van der Waals surface area contributed by atoms with Crippen molar-refractivity contribution < 1.29 is 22.7 Å². The Morgan fingerprint density at radius 1 is 1.24 bits per heavy atom. The highest BCUT2D eigenvalue weighted by Crippen LogP contribution is 2.21. The smallest absolute Gasteiger partial charge is 0.338 e. The van der Waals surface area contributed by atoms with Gasteiger partial charge in [0.1, 0.15) is 0 Å². The number of carbonyl (C=O) groups is 2. The highest BCUT2D eigenvalue weighted by Gasteiger charge is 2.31. The van der Waals surface area contributed by atoms with Crippen LogP contribution in [0, 0.1) is 5.92 Å². The summed E-state index contributed by atoms with van der Waals surface area (Å²) in [6.45, 7) is 4.32. The first-order chi connectivity index (χ1) is 11.9.